The Kier molecular flexibility index (Phi) is 8.05. The van der Waals surface area contributed by atoms with Gasteiger partial charge in [-0.25, -0.2) is 8.42 Å². The zero-order chi connectivity index (χ0) is 26.7. The number of alkyl halides is 3. The summed E-state index contributed by atoms with van der Waals surface area (Å²) >= 11 is 5.98. The highest BCUT2D eigenvalue weighted by Gasteiger charge is 2.33. The van der Waals surface area contributed by atoms with E-state index in [9.17, 15) is 26.4 Å². The molecule has 0 fully saturated rings. The number of sulfonamides is 1. The maximum atomic E-state index is 13.6. The molecule has 0 aliphatic heterocycles. The van der Waals surface area contributed by atoms with Crippen LogP contribution in [0.5, 0.6) is 11.5 Å². The van der Waals surface area contributed by atoms with Crippen molar-refractivity contribution in [2.45, 2.75) is 18.0 Å². The predicted molar refractivity (Wildman–Crippen MR) is 130 cm³/mol. The SMILES string of the molecule is COc1ccc(S(=O)(=O)N(CC(=O)Nc2cc(Cl)ccc2C)c2cccc(C(F)(F)F)c2)cc1OC. The molecule has 0 radical (unpaired) electrons. The molecule has 3 aromatic rings. The van der Waals surface area contributed by atoms with E-state index in [0.29, 0.717) is 26.6 Å². The molecule has 1 N–H and O–H groups in total. The first kappa shape index (κ1) is 27.2. The van der Waals surface area contributed by atoms with Crippen molar-refractivity contribution in [1.29, 1.82) is 0 Å². The third-order valence-electron chi connectivity index (χ3n) is 5.17. The Morgan fingerprint density at radius 1 is 1.00 bits per heavy atom. The Morgan fingerprint density at radius 2 is 1.69 bits per heavy atom. The van der Waals surface area contributed by atoms with Crippen LogP contribution in [-0.2, 0) is 21.0 Å². The number of halogens is 4. The molecular formula is C24H22ClF3N2O5S. The summed E-state index contributed by atoms with van der Waals surface area (Å²) in [5.74, 6) is -0.459. The van der Waals surface area contributed by atoms with E-state index in [2.05, 4.69) is 5.32 Å². The van der Waals surface area contributed by atoms with Crippen molar-refractivity contribution in [3.63, 3.8) is 0 Å². The number of nitrogens with one attached hydrogen (secondary N) is 1. The van der Waals surface area contributed by atoms with Crippen molar-refractivity contribution < 1.29 is 35.9 Å². The molecular weight excluding hydrogens is 521 g/mol. The molecule has 0 aliphatic carbocycles. The maximum Gasteiger partial charge on any atom is 0.416 e. The number of nitrogens with zero attached hydrogens (tertiary/aromatic N) is 1. The van der Waals surface area contributed by atoms with Gasteiger partial charge in [0, 0.05) is 16.8 Å². The van der Waals surface area contributed by atoms with Crippen LogP contribution in [0.3, 0.4) is 0 Å². The Bertz CT molecular complexity index is 1380. The quantitative estimate of drug-likeness (QED) is 0.405. The number of methoxy groups -OCH3 is 2. The monoisotopic (exact) mass is 542 g/mol. The van der Waals surface area contributed by atoms with Gasteiger partial charge in [-0.05, 0) is 55.0 Å². The molecule has 7 nitrogen and oxygen atoms in total. The summed E-state index contributed by atoms with van der Waals surface area (Å²) in [5.41, 5.74) is -0.433. The van der Waals surface area contributed by atoms with Crippen molar-refractivity contribution in [2.75, 3.05) is 30.4 Å². The van der Waals surface area contributed by atoms with Crippen LogP contribution < -0.4 is 19.1 Å². The second kappa shape index (κ2) is 10.7. The van der Waals surface area contributed by atoms with Gasteiger partial charge in [0.15, 0.2) is 11.5 Å². The van der Waals surface area contributed by atoms with Gasteiger partial charge in [0.05, 0.1) is 30.4 Å². The number of ether oxygens (including phenoxy) is 2. The molecule has 0 atom stereocenters. The number of hydrogen-bond donors (Lipinski definition) is 1. The first-order chi connectivity index (χ1) is 16.9. The van der Waals surface area contributed by atoms with Gasteiger partial charge in [-0.2, -0.15) is 13.2 Å². The summed E-state index contributed by atoms with van der Waals surface area (Å²) in [4.78, 5) is 12.6. The van der Waals surface area contributed by atoms with Crippen LogP contribution in [0, 0.1) is 6.92 Å². The highest BCUT2D eigenvalue weighted by molar-refractivity contribution is 7.92. The van der Waals surface area contributed by atoms with E-state index in [1.165, 1.54) is 38.5 Å². The molecule has 36 heavy (non-hydrogen) atoms. The molecule has 0 aromatic heterocycles. The van der Waals surface area contributed by atoms with Gasteiger partial charge in [0.2, 0.25) is 5.91 Å². The molecule has 12 heteroatoms. The largest absolute Gasteiger partial charge is 0.493 e. The molecule has 192 valence electrons. The number of benzene rings is 3. The molecule has 0 spiro atoms. The van der Waals surface area contributed by atoms with E-state index in [0.717, 1.165) is 18.2 Å². The molecule has 0 bridgehead atoms. The molecule has 1 amide bonds. The lowest BCUT2D eigenvalue weighted by Crippen LogP contribution is -2.38. The van der Waals surface area contributed by atoms with E-state index in [1.807, 2.05) is 0 Å². The molecule has 0 saturated heterocycles. The number of hydrogen-bond acceptors (Lipinski definition) is 5. The molecule has 3 rings (SSSR count). The average molecular weight is 543 g/mol. The maximum absolute atomic E-state index is 13.6. The van der Waals surface area contributed by atoms with Crippen LogP contribution >= 0.6 is 11.6 Å². The summed E-state index contributed by atoms with van der Waals surface area (Å²) < 4.78 is 78.2. The predicted octanol–water partition coefficient (Wildman–Crippen LogP) is 5.52. The molecule has 0 heterocycles. The van der Waals surface area contributed by atoms with E-state index in [4.69, 9.17) is 21.1 Å². The summed E-state index contributed by atoms with van der Waals surface area (Å²) in [6.45, 7) is 0.890. The number of amides is 1. The summed E-state index contributed by atoms with van der Waals surface area (Å²) in [5, 5.41) is 2.90. The van der Waals surface area contributed by atoms with Gasteiger partial charge < -0.3 is 14.8 Å². The topological polar surface area (TPSA) is 84.9 Å². The van der Waals surface area contributed by atoms with Crippen LogP contribution in [0.15, 0.2) is 65.6 Å². The zero-order valence-corrected chi connectivity index (χ0v) is 21.0. The Hall–Kier alpha value is -3.44. The Morgan fingerprint density at radius 3 is 2.33 bits per heavy atom. The van der Waals surface area contributed by atoms with Crippen molar-refractivity contribution in [3.05, 3.63) is 76.8 Å². The van der Waals surface area contributed by atoms with Gasteiger partial charge >= 0.3 is 6.18 Å². The van der Waals surface area contributed by atoms with Crippen LogP contribution in [0.2, 0.25) is 5.02 Å². The highest BCUT2D eigenvalue weighted by atomic mass is 35.5. The van der Waals surface area contributed by atoms with Gasteiger partial charge in [-0.1, -0.05) is 23.7 Å². The lowest BCUT2D eigenvalue weighted by atomic mass is 10.2. The third-order valence-corrected chi connectivity index (χ3v) is 7.17. The fraction of sp³-hybridized carbons (Fsp3) is 0.208. The summed E-state index contributed by atoms with van der Waals surface area (Å²) in [6.07, 6.45) is -4.73. The normalized spacial score (nSPS) is 11.6. The fourth-order valence-corrected chi connectivity index (χ4v) is 4.91. The van der Waals surface area contributed by atoms with Crippen molar-refractivity contribution in [2.24, 2.45) is 0 Å². The molecule has 3 aromatic carbocycles. The number of aryl methyl sites for hydroxylation is 1. The lowest BCUT2D eigenvalue weighted by molar-refractivity contribution is -0.137. The highest BCUT2D eigenvalue weighted by Crippen LogP contribution is 2.35. The van der Waals surface area contributed by atoms with Crippen LogP contribution in [0.4, 0.5) is 24.5 Å². The molecule has 0 saturated carbocycles. The third kappa shape index (κ3) is 6.03. The molecule has 0 unspecified atom stereocenters. The van der Waals surface area contributed by atoms with E-state index < -0.39 is 34.2 Å². The van der Waals surface area contributed by atoms with Crippen LogP contribution in [-0.4, -0.2) is 35.1 Å². The van der Waals surface area contributed by atoms with Crippen molar-refractivity contribution >= 4 is 38.9 Å². The van der Waals surface area contributed by atoms with E-state index in [-0.39, 0.29) is 22.1 Å². The average Bonchev–Trinajstić information content (AvgIpc) is 2.83. The van der Waals surface area contributed by atoms with E-state index in [1.54, 1.807) is 19.1 Å². The van der Waals surface area contributed by atoms with Crippen LogP contribution in [0.25, 0.3) is 0 Å². The van der Waals surface area contributed by atoms with Crippen molar-refractivity contribution in [3.8, 4) is 11.5 Å². The summed E-state index contributed by atoms with van der Waals surface area (Å²) in [6, 6.07) is 12.2. The standard InChI is InChI=1S/C24H22ClF3N2O5S/c1-15-7-8-17(25)12-20(15)29-23(31)14-30(18-6-4-5-16(11-18)24(26,27)28)36(32,33)19-9-10-21(34-2)22(13-19)35-3/h4-13H,14H2,1-3H3,(H,29,31). The fourth-order valence-electron chi connectivity index (χ4n) is 3.31. The lowest BCUT2D eigenvalue weighted by Gasteiger charge is -2.25. The number of carbonyl (C=O) groups excluding carboxylic acids is 1. The van der Waals surface area contributed by atoms with Gasteiger partial charge in [0.1, 0.15) is 6.54 Å². The smallest absolute Gasteiger partial charge is 0.416 e. The first-order valence-corrected chi connectivity index (χ1v) is 12.2. The van der Waals surface area contributed by atoms with Crippen molar-refractivity contribution in [1.82, 2.24) is 0 Å². The Balaban J connectivity index is 2.08. The zero-order valence-electron chi connectivity index (χ0n) is 19.4. The minimum Gasteiger partial charge on any atom is -0.493 e. The number of rotatable bonds is 8. The van der Waals surface area contributed by atoms with Gasteiger partial charge in [-0.15, -0.1) is 0 Å². The summed E-state index contributed by atoms with van der Waals surface area (Å²) in [7, 11) is -1.87. The van der Waals surface area contributed by atoms with Gasteiger partial charge in [0.25, 0.3) is 10.0 Å². The first-order valence-electron chi connectivity index (χ1n) is 10.3. The Labute approximate surface area is 211 Å². The number of carbonyl (C=O) groups is 1. The molecule has 0 aliphatic rings. The second-order valence-electron chi connectivity index (χ2n) is 7.58. The second-order valence-corrected chi connectivity index (χ2v) is 9.88. The number of anilines is 2. The minimum absolute atomic E-state index is 0.0848. The van der Waals surface area contributed by atoms with Crippen LogP contribution in [0.1, 0.15) is 11.1 Å². The minimum atomic E-state index is -4.73. The van der Waals surface area contributed by atoms with E-state index >= 15 is 0 Å². The van der Waals surface area contributed by atoms with Gasteiger partial charge in [-0.3, -0.25) is 9.10 Å².